The number of rotatable bonds is 7. The van der Waals surface area contributed by atoms with Crippen LogP contribution in [0.15, 0.2) is 54.6 Å². The van der Waals surface area contributed by atoms with Crippen LogP contribution in [0, 0.1) is 10.1 Å². The van der Waals surface area contributed by atoms with Crippen molar-refractivity contribution in [3.8, 4) is 11.5 Å². The van der Waals surface area contributed by atoms with Crippen molar-refractivity contribution in [2.45, 2.75) is 19.9 Å². The molecule has 1 atom stereocenters. The molecule has 3 aromatic rings. The number of hydrogen-bond donors (Lipinski definition) is 1. The highest BCUT2D eigenvalue weighted by molar-refractivity contribution is 5.99. The van der Waals surface area contributed by atoms with Crippen molar-refractivity contribution in [2.24, 2.45) is 0 Å². The molecule has 3 rings (SSSR count). The molecule has 0 saturated carbocycles. The molecule has 0 aliphatic carbocycles. The van der Waals surface area contributed by atoms with Crippen molar-refractivity contribution in [1.82, 2.24) is 5.32 Å². The molecular formula is C22H22N2O5. The largest absolute Gasteiger partial charge is 0.493 e. The number of carbonyl (C=O) groups excluding carboxylic acids is 1. The molecule has 29 heavy (non-hydrogen) atoms. The molecule has 1 N–H and O–H groups in total. The lowest BCUT2D eigenvalue weighted by molar-refractivity contribution is -0.385. The maximum Gasteiger partial charge on any atom is 0.286 e. The van der Waals surface area contributed by atoms with Crippen molar-refractivity contribution in [3.05, 3.63) is 75.8 Å². The average Bonchev–Trinajstić information content (AvgIpc) is 2.73. The first-order chi connectivity index (χ1) is 13.9. The SMILES string of the molecule is CCOc1cc(C(=O)NC(C)c2ccc3ccccc3c2)c([N+](=O)[O-])cc1OC. The maximum atomic E-state index is 12.9. The Hall–Kier alpha value is -3.61. The van der Waals surface area contributed by atoms with Crippen molar-refractivity contribution in [1.29, 1.82) is 0 Å². The summed E-state index contributed by atoms with van der Waals surface area (Å²) in [6.07, 6.45) is 0. The molecule has 0 bridgehead atoms. The minimum atomic E-state index is -0.603. The Morgan fingerprint density at radius 3 is 2.48 bits per heavy atom. The third-order valence-corrected chi connectivity index (χ3v) is 4.64. The monoisotopic (exact) mass is 394 g/mol. The number of ether oxygens (including phenoxy) is 2. The van der Waals surface area contributed by atoms with Gasteiger partial charge in [-0.1, -0.05) is 36.4 Å². The summed E-state index contributed by atoms with van der Waals surface area (Å²) in [4.78, 5) is 23.8. The lowest BCUT2D eigenvalue weighted by Crippen LogP contribution is -2.27. The van der Waals surface area contributed by atoms with E-state index >= 15 is 0 Å². The first kappa shape index (κ1) is 20.1. The van der Waals surface area contributed by atoms with E-state index in [1.54, 1.807) is 6.92 Å². The summed E-state index contributed by atoms with van der Waals surface area (Å²) in [5.41, 5.74) is 0.485. The van der Waals surface area contributed by atoms with Crippen LogP contribution in [0.4, 0.5) is 5.69 Å². The fraction of sp³-hybridized carbons (Fsp3) is 0.227. The molecule has 0 aliphatic rings. The van der Waals surface area contributed by atoms with E-state index in [0.717, 1.165) is 16.3 Å². The van der Waals surface area contributed by atoms with Gasteiger partial charge in [-0.25, -0.2) is 0 Å². The van der Waals surface area contributed by atoms with Crippen LogP contribution in [0.25, 0.3) is 10.8 Å². The molecule has 0 aromatic heterocycles. The van der Waals surface area contributed by atoms with E-state index < -0.39 is 10.8 Å². The Morgan fingerprint density at radius 1 is 1.10 bits per heavy atom. The van der Waals surface area contributed by atoms with Crippen LogP contribution in [-0.4, -0.2) is 24.5 Å². The fourth-order valence-corrected chi connectivity index (χ4v) is 3.14. The van der Waals surface area contributed by atoms with Gasteiger partial charge in [0.2, 0.25) is 0 Å². The van der Waals surface area contributed by atoms with Crippen LogP contribution in [0.1, 0.15) is 35.8 Å². The highest BCUT2D eigenvalue weighted by atomic mass is 16.6. The zero-order valence-corrected chi connectivity index (χ0v) is 16.5. The molecular weight excluding hydrogens is 372 g/mol. The summed E-state index contributed by atoms with van der Waals surface area (Å²) in [7, 11) is 1.39. The minimum absolute atomic E-state index is 0.0770. The molecule has 3 aromatic carbocycles. The van der Waals surface area contributed by atoms with E-state index in [-0.39, 0.29) is 28.8 Å². The van der Waals surface area contributed by atoms with Crippen molar-refractivity contribution in [2.75, 3.05) is 13.7 Å². The summed E-state index contributed by atoms with van der Waals surface area (Å²) in [5, 5.41) is 16.5. The van der Waals surface area contributed by atoms with Crippen molar-refractivity contribution >= 4 is 22.4 Å². The fourth-order valence-electron chi connectivity index (χ4n) is 3.14. The molecule has 0 radical (unpaired) electrons. The van der Waals surface area contributed by atoms with Gasteiger partial charge in [-0.2, -0.15) is 0 Å². The van der Waals surface area contributed by atoms with Gasteiger partial charge in [0, 0.05) is 6.07 Å². The molecule has 7 heteroatoms. The van der Waals surface area contributed by atoms with E-state index in [2.05, 4.69) is 5.32 Å². The van der Waals surface area contributed by atoms with Crippen LogP contribution in [0.5, 0.6) is 11.5 Å². The van der Waals surface area contributed by atoms with Crippen LogP contribution < -0.4 is 14.8 Å². The molecule has 1 unspecified atom stereocenters. The summed E-state index contributed by atoms with van der Waals surface area (Å²) < 4.78 is 10.6. The smallest absolute Gasteiger partial charge is 0.286 e. The van der Waals surface area contributed by atoms with Gasteiger partial charge in [0.15, 0.2) is 11.5 Å². The molecule has 7 nitrogen and oxygen atoms in total. The van der Waals surface area contributed by atoms with Gasteiger partial charge in [0.05, 0.1) is 30.7 Å². The molecule has 0 saturated heterocycles. The number of carbonyl (C=O) groups is 1. The number of hydrogen-bond acceptors (Lipinski definition) is 5. The molecule has 0 fully saturated rings. The predicted molar refractivity (Wildman–Crippen MR) is 111 cm³/mol. The Bertz CT molecular complexity index is 1060. The first-order valence-corrected chi connectivity index (χ1v) is 9.23. The third kappa shape index (κ3) is 4.29. The second kappa shape index (κ2) is 8.60. The van der Waals surface area contributed by atoms with Gasteiger partial charge in [0.1, 0.15) is 5.56 Å². The van der Waals surface area contributed by atoms with E-state index in [4.69, 9.17) is 9.47 Å². The van der Waals surface area contributed by atoms with Crippen molar-refractivity contribution < 1.29 is 19.2 Å². The van der Waals surface area contributed by atoms with E-state index in [0.29, 0.717) is 6.61 Å². The third-order valence-electron chi connectivity index (χ3n) is 4.64. The number of fused-ring (bicyclic) bond motifs is 1. The quantitative estimate of drug-likeness (QED) is 0.465. The highest BCUT2D eigenvalue weighted by Gasteiger charge is 2.25. The van der Waals surface area contributed by atoms with Gasteiger partial charge in [-0.05, 0) is 36.2 Å². The van der Waals surface area contributed by atoms with Crippen LogP contribution in [-0.2, 0) is 0 Å². The number of nitrogens with one attached hydrogen (secondary N) is 1. The van der Waals surface area contributed by atoms with Crippen LogP contribution in [0.3, 0.4) is 0 Å². The second-order valence-electron chi connectivity index (χ2n) is 6.51. The summed E-state index contributed by atoms with van der Waals surface area (Å²) in [5.74, 6) is -0.0669. The normalized spacial score (nSPS) is 11.7. The second-order valence-corrected chi connectivity index (χ2v) is 6.51. The molecule has 0 aliphatic heterocycles. The lowest BCUT2D eigenvalue weighted by Gasteiger charge is -2.16. The summed E-state index contributed by atoms with van der Waals surface area (Å²) in [6.45, 7) is 3.95. The molecule has 0 spiro atoms. The van der Waals surface area contributed by atoms with E-state index in [1.165, 1.54) is 19.2 Å². The predicted octanol–water partition coefficient (Wildman–Crippen LogP) is 4.65. The van der Waals surface area contributed by atoms with Gasteiger partial charge in [-0.15, -0.1) is 0 Å². The summed E-state index contributed by atoms with van der Waals surface area (Å²) >= 11 is 0. The molecule has 150 valence electrons. The topological polar surface area (TPSA) is 90.7 Å². The number of nitro benzene ring substituents is 1. The number of amides is 1. The van der Waals surface area contributed by atoms with Crippen LogP contribution in [0.2, 0.25) is 0 Å². The lowest BCUT2D eigenvalue weighted by atomic mass is 10.0. The van der Waals surface area contributed by atoms with Gasteiger partial charge < -0.3 is 14.8 Å². The van der Waals surface area contributed by atoms with Gasteiger partial charge in [-0.3, -0.25) is 14.9 Å². The molecule has 1 amide bonds. The number of benzene rings is 3. The first-order valence-electron chi connectivity index (χ1n) is 9.23. The van der Waals surface area contributed by atoms with E-state index in [1.807, 2.05) is 49.4 Å². The highest BCUT2D eigenvalue weighted by Crippen LogP contribution is 2.35. The van der Waals surface area contributed by atoms with Crippen molar-refractivity contribution in [3.63, 3.8) is 0 Å². The Morgan fingerprint density at radius 2 is 1.83 bits per heavy atom. The zero-order chi connectivity index (χ0) is 21.0. The number of nitrogens with zero attached hydrogens (tertiary/aromatic N) is 1. The Labute approximate surface area is 168 Å². The van der Waals surface area contributed by atoms with Gasteiger partial charge >= 0.3 is 0 Å². The Balaban J connectivity index is 1.91. The number of methoxy groups -OCH3 is 1. The van der Waals surface area contributed by atoms with Gasteiger partial charge in [0.25, 0.3) is 11.6 Å². The standard InChI is InChI=1S/C22H22N2O5/c1-4-29-21-12-18(19(24(26)27)13-20(21)28-3)22(25)23-14(2)16-10-9-15-7-5-6-8-17(15)11-16/h5-14H,4H2,1-3H3,(H,23,25). The average molecular weight is 394 g/mol. The minimum Gasteiger partial charge on any atom is -0.493 e. The Kier molecular flexibility index (Phi) is 5.97. The number of nitro groups is 1. The summed E-state index contributed by atoms with van der Waals surface area (Å²) in [6, 6.07) is 16.0. The van der Waals surface area contributed by atoms with E-state index in [9.17, 15) is 14.9 Å². The van der Waals surface area contributed by atoms with Crippen LogP contribution >= 0.6 is 0 Å². The molecule has 0 heterocycles. The zero-order valence-electron chi connectivity index (χ0n) is 16.5. The maximum absolute atomic E-state index is 12.9.